The number of hydrogen-bond acceptors (Lipinski definition) is 5. The van der Waals surface area contributed by atoms with Gasteiger partial charge in [0.25, 0.3) is 0 Å². The number of alkyl halides is 2. The van der Waals surface area contributed by atoms with Crippen LogP contribution in [0.5, 0.6) is 0 Å². The van der Waals surface area contributed by atoms with Gasteiger partial charge >= 0.3 is 6.55 Å². The predicted molar refractivity (Wildman–Crippen MR) is 141 cm³/mol. The first-order chi connectivity index (χ1) is 18.0. The molecule has 3 aromatic carbocycles. The molecule has 6 rings (SSSR count). The van der Waals surface area contributed by atoms with Crippen LogP contribution in [0.1, 0.15) is 25.0 Å². The van der Waals surface area contributed by atoms with E-state index in [1.54, 1.807) is 24.3 Å². The van der Waals surface area contributed by atoms with Gasteiger partial charge in [-0.2, -0.15) is 19.1 Å². The predicted octanol–water partition coefficient (Wildman–Crippen LogP) is 5.94. The Bertz CT molecular complexity index is 1640. The number of piperidine rings is 1. The van der Waals surface area contributed by atoms with Gasteiger partial charge in [0, 0.05) is 42.8 Å². The fourth-order valence-corrected chi connectivity index (χ4v) is 5.20. The van der Waals surface area contributed by atoms with Crippen molar-refractivity contribution in [3.63, 3.8) is 0 Å². The summed E-state index contributed by atoms with van der Waals surface area (Å²) in [5, 5.41) is 18.6. The molecule has 0 spiro atoms. The third-order valence-electron chi connectivity index (χ3n) is 7.04. The maximum atomic E-state index is 13.9. The van der Waals surface area contributed by atoms with Crippen molar-refractivity contribution in [1.82, 2.24) is 19.3 Å². The van der Waals surface area contributed by atoms with Crippen LogP contribution in [0.15, 0.2) is 66.7 Å². The minimum Gasteiger partial charge on any atom is -0.382 e. The Morgan fingerprint density at radius 2 is 1.81 bits per heavy atom. The molecule has 0 saturated carbocycles. The quantitative estimate of drug-likeness (QED) is 0.325. The van der Waals surface area contributed by atoms with Crippen molar-refractivity contribution in [1.29, 1.82) is 5.26 Å². The highest BCUT2D eigenvalue weighted by Gasteiger charge is 2.26. The van der Waals surface area contributed by atoms with Gasteiger partial charge in [-0.15, -0.1) is 0 Å². The second-order valence-corrected chi connectivity index (χ2v) is 9.35. The minimum absolute atomic E-state index is 0.220. The molecular weight excluding hydrogens is 472 g/mol. The average Bonchev–Trinajstić information content (AvgIpc) is 3.47. The number of fused-ring (bicyclic) bond motifs is 2. The van der Waals surface area contributed by atoms with Crippen molar-refractivity contribution in [2.24, 2.45) is 7.05 Å². The van der Waals surface area contributed by atoms with Crippen LogP contribution in [-0.4, -0.2) is 38.5 Å². The van der Waals surface area contributed by atoms with E-state index in [-0.39, 0.29) is 6.04 Å². The lowest BCUT2D eigenvalue weighted by atomic mass is 10.0. The monoisotopic (exact) mass is 497 g/mol. The van der Waals surface area contributed by atoms with E-state index in [0.717, 1.165) is 45.3 Å². The molecule has 3 heterocycles. The van der Waals surface area contributed by atoms with Gasteiger partial charge in [-0.3, -0.25) is 9.25 Å². The van der Waals surface area contributed by atoms with Crippen molar-refractivity contribution in [3.8, 4) is 17.3 Å². The zero-order valence-corrected chi connectivity index (χ0v) is 20.3. The summed E-state index contributed by atoms with van der Waals surface area (Å²) in [6.45, 7) is -1.36. The number of aryl methyl sites for hydroxylation is 1. The Hall–Kier alpha value is -4.45. The molecule has 37 heavy (non-hydrogen) atoms. The van der Waals surface area contributed by atoms with Gasteiger partial charge in [-0.25, -0.2) is 4.98 Å². The lowest BCUT2D eigenvalue weighted by molar-refractivity contribution is 0.0757. The third kappa shape index (κ3) is 4.14. The highest BCUT2D eigenvalue weighted by Crippen LogP contribution is 2.32. The van der Waals surface area contributed by atoms with Gasteiger partial charge in [0.15, 0.2) is 0 Å². The summed E-state index contributed by atoms with van der Waals surface area (Å²) in [7, 11) is 1.91. The van der Waals surface area contributed by atoms with Crippen LogP contribution in [-0.2, 0) is 7.05 Å². The van der Waals surface area contributed by atoms with E-state index in [4.69, 9.17) is 5.10 Å². The zero-order chi connectivity index (χ0) is 25.5. The molecule has 1 aliphatic rings. The highest BCUT2D eigenvalue weighted by molar-refractivity contribution is 5.95. The largest absolute Gasteiger partial charge is 0.382 e. The lowest BCUT2D eigenvalue weighted by Gasteiger charge is -2.33. The molecule has 186 valence electrons. The molecule has 2 aromatic heterocycles. The molecular formula is C28H25F2N7. The van der Waals surface area contributed by atoms with Crippen molar-refractivity contribution in [3.05, 3.63) is 72.3 Å². The van der Waals surface area contributed by atoms with Crippen molar-refractivity contribution < 1.29 is 8.78 Å². The summed E-state index contributed by atoms with van der Waals surface area (Å²) >= 11 is 0. The number of hydrogen-bond donors (Lipinski definition) is 1. The van der Waals surface area contributed by atoms with E-state index in [0.29, 0.717) is 35.6 Å². The normalized spacial score (nSPS) is 14.5. The van der Waals surface area contributed by atoms with Crippen LogP contribution in [0.4, 0.5) is 20.4 Å². The van der Waals surface area contributed by atoms with E-state index in [1.807, 2.05) is 47.0 Å². The summed E-state index contributed by atoms with van der Waals surface area (Å²) in [6.07, 6.45) is 1.62. The molecule has 0 unspecified atom stereocenters. The Morgan fingerprint density at radius 3 is 2.59 bits per heavy atom. The number of nitrogens with one attached hydrogen (secondary N) is 1. The van der Waals surface area contributed by atoms with Gasteiger partial charge in [0.2, 0.25) is 5.95 Å². The topological polar surface area (TPSA) is 74.7 Å². The number of nitriles is 1. The second-order valence-electron chi connectivity index (χ2n) is 9.35. The summed E-state index contributed by atoms with van der Waals surface area (Å²) < 4.78 is 30.6. The zero-order valence-electron chi connectivity index (χ0n) is 20.3. The first kappa shape index (κ1) is 23.0. The first-order valence-corrected chi connectivity index (χ1v) is 12.3. The number of imidazole rings is 1. The van der Waals surface area contributed by atoms with Crippen LogP contribution in [0.3, 0.4) is 0 Å². The van der Waals surface area contributed by atoms with E-state index < -0.39 is 6.55 Å². The van der Waals surface area contributed by atoms with Crippen LogP contribution in [0.2, 0.25) is 0 Å². The molecule has 5 aromatic rings. The first-order valence-electron chi connectivity index (χ1n) is 12.3. The summed E-state index contributed by atoms with van der Waals surface area (Å²) in [5.41, 5.74) is 5.38. The van der Waals surface area contributed by atoms with Crippen molar-refractivity contribution >= 4 is 33.6 Å². The van der Waals surface area contributed by atoms with Crippen molar-refractivity contribution in [2.75, 3.05) is 23.3 Å². The van der Waals surface area contributed by atoms with Gasteiger partial charge in [0.05, 0.1) is 28.2 Å². The maximum Gasteiger partial charge on any atom is 0.321 e. The number of anilines is 2. The standard InChI is InChI=1S/C28H25F2N7/c1-35-25-16-21(9-10-22(25)26(34-35)19-6-4-5-18(15-19)17-31)32-20-11-13-36(14-12-20)28-33-23-7-2-3-8-24(23)37(28)27(29)30/h2-10,15-16,20,27,32H,11-14H2,1H3. The molecule has 0 radical (unpaired) electrons. The summed E-state index contributed by atoms with van der Waals surface area (Å²) in [5.74, 6) is 0.332. The molecule has 1 fully saturated rings. The molecule has 1 N–H and O–H groups in total. The molecule has 0 bridgehead atoms. The number of aromatic nitrogens is 4. The SMILES string of the molecule is Cn1nc(-c2cccc(C#N)c2)c2ccc(NC3CCN(c4nc5ccccc5n4C(F)F)CC3)cc21. The number of rotatable bonds is 5. The number of nitrogens with zero attached hydrogens (tertiary/aromatic N) is 6. The molecule has 0 aliphatic carbocycles. The van der Waals surface area contributed by atoms with Gasteiger partial charge in [-0.1, -0.05) is 24.3 Å². The van der Waals surface area contributed by atoms with Crippen LogP contribution in [0.25, 0.3) is 33.2 Å². The highest BCUT2D eigenvalue weighted by atomic mass is 19.3. The third-order valence-corrected chi connectivity index (χ3v) is 7.04. The lowest BCUT2D eigenvalue weighted by Crippen LogP contribution is -2.40. The Labute approximate surface area is 212 Å². The molecule has 0 amide bonds. The van der Waals surface area contributed by atoms with E-state index in [1.165, 1.54) is 0 Å². The molecule has 1 aliphatic heterocycles. The second kappa shape index (κ2) is 9.21. The molecule has 7 nitrogen and oxygen atoms in total. The number of halogens is 2. The Kier molecular flexibility index (Phi) is 5.72. The van der Waals surface area contributed by atoms with E-state index >= 15 is 0 Å². The van der Waals surface area contributed by atoms with Crippen LogP contribution >= 0.6 is 0 Å². The van der Waals surface area contributed by atoms with Crippen molar-refractivity contribution in [2.45, 2.75) is 25.4 Å². The van der Waals surface area contributed by atoms with Gasteiger partial charge < -0.3 is 10.2 Å². The van der Waals surface area contributed by atoms with E-state index in [9.17, 15) is 14.0 Å². The summed E-state index contributed by atoms with van der Waals surface area (Å²) in [6, 6.07) is 23.1. The number of para-hydroxylation sites is 2. The van der Waals surface area contributed by atoms with Crippen LogP contribution < -0.4 is 10.2 Å². The average molecular weight is 498 g/mol. The molecule has 0 atom stereocenters. The minimum atomic E-state index is -2.64. The number of benzene rings is 3. The van der Waals surface area contributed by atoms with Gasteiger partial charge in [-0.05, 0) is 55.3 Å². The fraction of sp³-hybridized carbons (Fsp3) is 0.250. The van der Waals surface area contributed by atoms with Gasteiger partial charge in [0.1, 0.15) is 5.69 Å². The summed E-state index contributed by atoms with van der Waals surface area (Å²) in [4.78, 5) is 6.46. The smallest absolute Gasteiger partial charge is 0.321 e. The molecule has 9 heteroatoms. The van der Waals surface area contributed by atoms with Crippen LogP contribution in [0, 0.1) is 11.3 Å². The Morgan fingerprint density at radius 1 is 1.00 bits per heavy atom. The Balaban J connectivity index is 1.19. The molecule has 1 saturated heterocycles. The fourth-order valence-electron chi connectivity index (χ4n) is 5.20. The maximum absolute atomic E-state index is 13.9. The van der Waals surface area contributed by atoms with E-state index in [2.05, 4.69) is 28.5 Å².